The minimum absolute atomic E-state index is 0.218. The van der Waals surface area contributed by atoms with Gasteiger partial charge in [-0.2, -0.15) is 30.7 Å². The van der Waals surface area contributed by atoms with E-state index in [0.29, 0.717) is 0 Å². The summed E-state index contributed by atoms with van der Waals surface area (Å²) in [5, 5.41) is -0.218. The summed E-state index contributed by atoms with van der Waals surface area (Å²) >= 11 is 0. The van der Waals surface area contributed by atoms with Gasteiger partial charge in [0.2, 0.25) is 0 Å². The van der Waals surface area contributed by atoms with Gasteiger partial charge in [0.25, 0.3) is 0 Å². The van der Waals surface area contributed by atoms with Gasteiger partial charge in [-0.1, -0.05) is 30.3 Å². The number of hydrogen-bond donors (Lipinski definition) is 0. The lowest BCUT2D eigenvalue weighted by Gasteiger charge is -2.37. The van der Waals surface area contributed by atoms with Crippen molar-refractivity contribution in [3.63, 3.8) is 0 Å². The third-order valence-electron chi connectivity index (χ3n) is 2.80. The quantitative estimate of drug-likeness (QED) is 0.533. The topological polar surface area (TPSA) is 27.7 Å². The molecular weight excluding hydrogens is 365 g/mol. The van der Waals surface area contributed by atoms with Gasteiger partial charge in [0.05, 0.1) is 0 Å². The van der Waals surface area contributed by atoms with Crippen molar-refractivity contribution < 1.29 is 44.0 Å². The molecule has 0 aliphatic rings. The van der Waals surface area contributed by atoms with Gasteiger partial charge in [-0.25, -0.2) is 0 Å². The Balaban J connectivity index is 3.49. The average molecular weight is 380 g/mol. The highest BCUT2D eigenvalue weighted by atomic mass is 28.4. The van der Waals surface area contributed by atoms with E-state index < -0.39 is 27.0 Å². The third-order valence-corrected chi connectivity index (χ3v) is 5.73. The van der Waals surface area contributed by atoms with Crippen molar-refractivity contribution in [3.8, 4) is 0 Å². The van der Waals surface area contributed by atoms with Gasteiger partial charge in [-0.3, -0.25) is 0 Å². The summed E-state index contributed by atoms with van der Waals surface area (Å²) in [6.07, 6.45) is -12.7. The Morgan fingerprint density at radius 3 is 1.54 bits per heavy atom. The largest absolute Gasteiger partial charge is 0.540 e. The Morgan fingerprint density at radius 2 is 1.21 bits per heavy atom. The van der Waals surface area contributed by atoms with E-state index in [1.54, 1.807) is 0 Å². The van der Waals surface area contributed by atoms with Crippen LogP contribution >= 0.6 is 0 Å². The first-order valence-electron chi connectivity index (χ1n) is 6.79. The molecule has 0 heterocycles. The second-order valence-corrected chi connectivity index (χ2v) is 6.95. The molecule has 1 aromatic rings. The maximum atomic E-state index is 14.0. The van der Waals surface area contributed by atoms with E-state index in [2.05, 4.69) is 4.43 Å². The zero-order valence-corrected chi connectivity index (χ0v) is 13.7. The Hall–Kier alpha value is -1.17. The van der Waals surface area contributed by atoms with Gasteiger partial charge < -0.3 is 13.3 Å². The summed E-state index contributed by atoms with van der Waals surface area (Å²) in [6.45, 7) is 1.95. The maximum Gasteiger partial charge on any atom is 0.540 e. The summed E-state index contributed by atoms with van der Waals surface area (Å²) in [6, 6.07) is 6.45. The average Bonchev–Trinajstić information content (AvgIpc) is 2.46. The highest BCUT2D eigenvalue weighted by Gasteiger charge is 2.77. The van der Waals surface area contributed by atoms with E-state index in [1.165, 1.54) is 32.0 Å². The lowest BCUT2D eigenvalue weighted by molar-refractivity contribution is -0.414. The minimum atomic E-state index is -6.37. The molecule has 0 aliphatic heterocycles. The molecule has 24 heavy (non-hydrogen) atoms. The van der Waals surface area contributed by atoms with E-state index in [0.717, 1.165) is 12.1 Å². The van der Waals surface area contributed by atoms with Crippen molar-refractivity contribution in [2.75, 3.05) is 13.2 Å². The summed E-state index contributed by atoms with van der Waals surface area (Å²) < 4.78 is 105. The van der Waals surface area contributed by atoms with E-state index >= 15 is 0 Å². The standard InChI is InChI=1S/C13H15F7O3Si/c1-3-21-24(22-4-2,10-8-6-5-7-9-10)23-11(14,12(15,16)17)13(18,19)20/h5-9H,3-4H2,1-2H3. The highest BCUT2D eigenvalue weighted by molar-refractivity contribution is 6.75. The normalized spacial score (nSPS) is 14.0. The highest BCUT2D eigenvalue weighted by Crippen LogP contribution is 2.48. The van der Waals surface area contributed by atoms with Crippen LogP contribution in [0.5, 0.6) is 0 Å². The summed E-state index contributed by atoms with van der Waals surface area (Å²) in [4.78, 5) is 0. The van der Waals surface area contributed by atoms with Crippen molar-refractivity contribution in [2.24, 2.45) is 0 Å². The van der Waals surface area contributed by atoms with Crippen LogP contribution in [0.3, 0.4) is 0 Å². The molecule has 0 unspecified atom stereocenters. The molecule has 0 saturated heterocycles. The number of alkyl halides is 7. The predicted octanol–water partition coefficient (Wildman–Crippen LogP) is 3.71. The van der Waals surface area contributed by atoms with Crippen LogP contribution in [0.15, 0.2) is 30.3 Å². The molecule has 0 spiro atoms. The van der Waals surface area contributed by atoms with Crippen molar-refractivity contribution in [3.05, 3.63) is 30.3 Å². The van der Waals surface area contributed by atoms with Gasteiger partial charge >= 0.3 is 27.0 Å². The molecule has 11 heteroatoms. The van der Waals surface area contributed by atoms with E-state index in [9.17, 15) is 30.7 Å². The van der Waals surface area contributed by atoms with Crippen LogP contribution in [0, 0.1) is 0 Å². The molecule has 1 aromatic carbocycles. The monoisotopic (exact) mass is 380 g/mol. The molecule has 0 aliphatic carbocycles. The Kier molecular flexibility index (Phi) is 6.41. The lowest BCUT2D eigenvalue weighted by atomic mass is 10.3. The zero-order chi connectivity index (χ0) is 18.6. The van der Waals surface area contributed by atoms with Gasteiger partial charge in [0, 0.05) is 18.4 Å². The van der Waals surface area contributed by atoms with Crippen LogP contribution in [0.1, 0.15) is 13.8 Å². The molecule has 0 atom stereocenters. The van der Waals surface area contributed by atoms with Gasteiger partial charge in [0.15, 0.2) is 0 Å². The predicted molar refractivity (Wildman–Crippen MR) is 72.1 cm³/mol. The first kappa shape index (κ1) is 20.9. The fourth-order valence-corrected chi connectivity index (χ4v) is 4.42. The van der Waals surface area contributed by atoms with Crippen LogP contribution in [-0.4, -0.2) is 40.2 Å². The fourth-order valence-electron chi connectivity index (χ4n) is 1.81. The van der Waals surface area contributed by atoms with E-state index in [1.807, 2.05) is 0 Å². The number of hydrogen-bond acceptors (Lipinski definition) is 3. The first-order valence-corrected chi connectivity index (χ1v) is 8.52. The maximum absolute atomic E-state index is 14.0. The molecule has 3 nitrogen and oxygen atoms in total. The van der Waals surface area contributed by atoms with Crippen LogP contribution < -0.4 is 5.19 Å². The van der Waals surface area contributed by atoms with Crippen molar-refractivity contribution >= 4 is 14.0 Å². The summed E-state index contributed by atoms with van der Waals surface area (Å²) in [7, 11) is -4.84. The molecule has 0 aromatic heterocycles. The lowest BCUT2D eigenvalue weighted by Crippen LogP contribution is -2.67. The molecular formula is C13H15F7O3Si. The van der Waals surface area contributed by atoms with Crippen molar-refractivity contribution in [1.29, 1.82) is 0 Å². The molecule has 1 rings (SSSR count). The van der Waals surface area contributed by atoms with Crippen LogP contribution in [0.2, 0.25) is 0 Å². The SMILES string of the molecule is CCO[Si](OCC)(OC(F)(C(F)(F)F)C(F)(F)F)c1ccccc1. The Labute approximate surface area is 134 Å². The number of rotatable bonds is 7. The van der Waals surface area contributed by atoms with Gasteiger partial charge in [-0.05, 0) is 13.8 Å². The molecule has 0 bridgehead atoms. The fraction of sp³-hybridized carbons (Fsp3) is 0.538. The van der Waals surface area contributed by atoms with Crippen LogP contribution in [0.25, 0.3) is 0 Å². The molecule has 0 saturated carbocycles. The molecule has 0 radical (unpaired) electrons. The Morgan fingerprint density at radius 1 is 0.792 bits per heavy atom. The van der Waals surface area contributed by atoms with E-state index in [4.69, 9.17) is 8.85 Å². The third kappa shape index (κ3) is 4.07. The summed E-state index contributed by atoms with van der Waals surface area (Å²) in [5.41, 5.74) is 0. The minimum Gasteiger partial charge on any atom is -0.370 e. The summed E-state index contributed by atoms with van der Waals surface area (Å²) in [5.74, 6) is -5.92. The molecule has 0 N–H and O–H groups in total. The van der Waals surface area contributed by atoms with E-state index in [-0.39, 0.29) is 18.4 Å². The molecule has 0 fully saturated rings. The number of halogens is 7. The van der Waals surface area contributed by atoms with Crippen LogP contribution in [-0.2, 0) is 13.3 Å². The number of benzene rings is 1. The smallest absolute Gasteiger partial charge is 0.370 e. The zero-order valence-electron chi connectivity index (χ0n) is 12.7. The van der Waals surface area contributed by atoms with Gasteiger partial charge in [0.1, 0.15) is 0 Å². The van der Waals surface area contributed by atoms with Crippen molar-refractivity contribution in [2.45, 2.75) is 32.1 Å². The second-order valence-electron chi connectivity index (χ2n) is 4.48. The van der Waals surface area contributed by atoms with Crippen molar-refractivity contribution in [1.82, 2.24) is 0 Å². The Bertz CT molecular complexity index is 499. The van der Waals surface area contributed by atoms with Gasteiger partial charge in [-0.15, -0.1) is 0 Å². The second kappa shape index (κ2) is 7.38. The molecule has 0 amide bonds. The first-order chi connectivity index (χ1) is 10.9. The van der Waals surface area contributed by atoms with Crippen LogP contribution in [0.4, 0.5) is 30.7 Å². The molecule has 138 valence electrons.